The average Bonchev–Trinajstić information content (AvgIpc) is 2.40. The second-order valence-electron chi connectivity index (χ2n) is 4.74. The van der Waals surface area contributed by atoms with Crippen molar-refractivity contribution in [3.63, 3.8) is 0 Å². The Morgan fingerprint density at radius 1 is 1.28 bits per heavy atom. The van der Waals surface area contributed by atoms with E-state index >= 15 is 0 Å². The first-order valence-electron chi connectivity index (χ1n) is 6.25. The maximum Gasteiger partial charge on any atom is 0.253 e. The molecular formula is C14H17N3O. The van der Waals surface area contributed by atoms with Gasteiger partial charge < -0.3 is 11.1 Å². The zero-order valence-corrected chi connectivity index (χ0v) is 10.2. The number of rotatable bonds is 2. The van der Waals surface area contributed by atoms with Crippen LogP contribution in [-0.4, -0.2) is 11.9 Å². The zero-order chi connectivity index (χ0) is 13.0. The molecule has 1 aliphatic carbocycles. The topological polar surface area (TPSA) is 78.9 Å². The number of benzene rings is 1. The van der Waals surface area contributed by atoms with Crippen molar-refractivity contribution in [2.45, 2.75) is 31.7 Å². The third-order valence-electron chi connectivity index (χ3n) is 3.45. The molecule has 1 aliphatic rings. The molecule has 0 radical (unpaired) electrons. The van der Waals surface area contributed by atoms with E-state index in [0.29, 0.717) is 11.3 Å². The number of nitrogens with one attached hydrogen (secondary N) is 1. The summed E-state index contributed by atoms with van der Waals surface area (Å²) in [6, 6.07) is 9.52. The Morgan fingerprint density at radius 3 is 2.56 bits per heavy atom. The molecule has 94 valence electrons. The van der Waals surface area contributed by atoms with E-state index in [1.54, 1.807) is 18.2 Å². The molecule has 1 aromatic rings. The summed E-state index contributed by atoms with van der Waals surface area (Å²) in [4.78, 5) is 12.0. The van der Waals surface area contributed by atoms with Crippen LogP contribution < -0.4 is 11.1 Å². The monoisotopic (exact) mass is 243 g/mol. The number of anilines is 1. The molecule has 1 aromatic carbocycles. The van der Waals surface area contributed by atoms with E-state index in [0.717, 1.165) is 25.7 Å². The molecule has 0 saturated heterocycles. The van der Waals surface area contributed by atoms with Gasteiger partial charge in [0.2, 0.25) is 0 Å². The van der Waals surface area contributed by atoms with E-state index in [9.17, 15) is 4.79 Å². The molecule has 0 unspecified atom stereocenters. The lowest BCUT2D eigenvalue weighted by atomic mass is 9.87. The fourth-order valence-electron chi connectivity index (χ4n) is 2.33. The summed E-state index contributed by atoms with van der Waals surface area (Å²) in [5.74, 6) is 0.0356. The molecule has 0 aliphatic heterocycles. The van der Waals surface area contributed by atoms with Crippen LogP contribution in [0.4, 0.5) is 5.69 Å². The molecule has 1 fully saturated rings. The summed E-state index contributed by atoms with van der Waals surface area (Å²) in [7, 11) is 0. The average molecular weight is 243 g/mol. The van der Waals surface area contributed by atoms with Gasteiger partial charge in [-0.1, -0.05) is 12.1 Å². The second kappa shape index (κ2) is 5.54. The maximum absolute atomic E-state index is 12.0. The number of carbonyl (C=O) groups is 1. The summed E-state index contributed by atoms with van der Waals surface area (Å²) in [5, 5.41) is 11.8. The second-order valence-corrected chi connectivity index (χ2v) is 4.74. The molecule has 4 heteroatoms. The first-order valence-corrected chi connectivity index (χ1v) is 6.25. The quantitative estimate of drug-likeness (QED) is 0.780. The van der Waals surface area contributed by atoms with Crippen LogP contribution in [0.25, 0.3) is 0 Å². The number of nitrogen functional groups attached to an aromatic ring is 1. The predicted octanol–water partition coefficient (Wildman–Crippen LogP) is 2.08. The van der Waals surface area contributed by atoms with Crippen LogP contribution in [0.3, 0.4) is 0 Å². The smallest absolute Gasteiger partial charge is 0.253 e. The number of carbonyl (C=O) groups excluding carboxylic acids is 1. The summed E-state index contributed by atoms with van der Waals surface area (Å²) < 4.78 is 0. The van der Waals surface area contributed by atoms with Crippen molar-refractivity contribution in [2.24, 2.45) is 5.92 Å². The zero-order valence-electron chi connectivity index (χ0n) is 10.2. The van der Waals surface area contributed by atoms with Gasteiger partial charge in [-0.05, 0) is 37.8 Å². The molecule has 18 heavy (non-hydrogen) atoms. The molecule has 0 spiro atoms. The minimum absolute atomic E-state index is 0.117. The first kappa shape index (κ1) is 12.4. The normalized spacial score (nSPS) is 23.1. The van der Waals surface area contributed by atoms with Crippen molar-refractivity contribution in [2.75, 3.05) is 5.73 Å². The SMILES string of the molecule is N#CC1CCC(NC(=O)c2ccccc2N)CC1. The highest BCUT2D eigenvalue weighted by Crippen LogP contribution is 2.24. The van der Waals surface area contributed by atoms with Crippen LogP contribution in [-0.2, 0) is 0 Å². The van der Waals surface area contributed by atoms with E-state index in [-0.39, 0.29) is 17.9 Å². The van der Waals surface area contributed by atoms with Gasteiger partial charge in [0.15, 0.2) is 0 Å². The molecule has 1 saturated carbocycles. The highest BCUT2D eigenvalue weighted by atomic mass is 16.1. The fraction of sp³-hybridized carbons (Fsp3) is 0.429. The number of para-hydroxylation sites is 1. The Balaban J connectivity index is 1.93. The van der Waals surface area contributed by atoms with Crippen molar-refractivity contribution < 1.29 is 4.79 Å². The van der Waals surface area contributed by atoms with E-state index in [1.165, 1.54) is 0 Å². The number of nitrogens with zero attached hydrogens (tertiary/aromatic N) is 1. The highest BCUT2D eigenvalue weighted by molar-refractivity contribution is 5.99. The van der Waals surface area contributed by atoms with Gasteiger partial charge in [-0.3, -0.25) is 4.79 Å². The molecule has 3 N–H and O–H groups in total. The van der Waals surface area contributed by atoms with Crippen molar-refractivity contribution in [3.05, 3.63) is 29.8 Å². The molecule has 2 rings (SSSR count). The maximum atomic E-state index is 12.0. The summed E-state index contributed by atoms with van der Waals surface area (Å²) in [5.41, 5.74) is 6.79. The number of amides is 1. The van der Waals surface area contributed by atoms with E-state index in [4.69, 9.17) is 11.0 Å². The predicted molar refractivity (Wildman–Crippen MR) is 69.7 cm³/mol. The largest absolute Gasteiger partial charge is 0.398 e. The van der Waals surface area contributed by atoms with E-state index < -0.39 is 0 Å². The number of hydrogen-bond donors (Lipinski definition) is 2. The third-order valence-corrected chi connectivity index (χ3v) is 3.45. The Labute approximate surface area is 107 Å². The highest BCUT2D eigenvalue weighted by Gasteiger charge is 2.22. The van der Waals surface area contributed by atoms with Gasteiger partial charge in [-0.25, -0.2) is 0 Å². The molecule has 4 nitrogen and oxygen atoms in total. The minimum atomic E-state index is -0.117. The molecular weight excluding hydrogens is 226 g/mol. The molecule has 0 bridgehead atoms. The van der Waals surface area contributed by atoms with Crippen LogP contribution in [0, 0.1) is 17.2 Å². The Bertz CT molecular complexity index is 470. The fourth-order valence-corrected chi connectivity index (χ4v) is 2.33. The summed E-state index contributed by atoms with van der Waals surface area (Å²) in [6.45, 7) is 0. The van der Waals surface area contributed by atoms with Crippen molar-refractivity contribution in [1.29, 1.82) is 5.26 Å². The lowest BCUT2D eigenvalue weighted by molar-refractivity contribution is 0.0926. The van der Waals surface area contributed by atoms with Crippen LogP contribution in [0.2, 0.25) is 0 Å². The van der Waals surface area contributed by atoms with E-state index in [1.807, 2.05) is 6.07 Å². The van der Waals surface area contributed by atoms with Gasteiger partial charge >= 0.3 is 0 Å². The Hall–Kier alpha value is -2.02. The molecule has 1 amide bonds. The van der Waals surface area contributed by atoms with Crippen molar-refractivity contribution in [3.8, 4) is 6.07 Å². The number of nitriles is 1. The van der Waals surface area contributed by atoms with Crippen LogP contribution in [0.15, 0.2) is 24.3 Å². The number of hydrogen-bond acceptors (Lipinski definition) is 3. The Kier molecular flexibility index (Phi) is 3.83. The molecule has 0 aromatic heterocycles. The van der Waals surface area contributed by atoms with Crippen LogP contribution in [0.1, 0.15) is 36.0 Å². The van der Waals surface area contributed by atoms with Gasteiger partial charge in [0, 0.05) is 17.6 Å². The van der Waals surface area contributed by atoms with Crippen molar-refractivity contribution in [1.82, 2.24) is 5.32 Å². The van der Waals surface area contributed by atoms with Crippen molar-refractivity contribution >= 4 is 11.6 Å². The minimum Gasteiger partial charge on any atom is -0.398 e. The van der Waals surface area contributed by atoms with Crippen LogP contribution in [0.5, 0.6) is 0 Å². The summed E-state index contributed by atoms with van der Waals surface area (Å²) in [6.07, 6.45) is 3.48. The standard InChI is InChI=1S/C14H17N3O/c15-9-10-5-7-11(8-6-10)17-14(18)12-3-1-2-4-13(12)16/h1-4,10-11H,5-8,16H2,(H,17,18). The van der Waals surface area contributed by atoms with E-state index in [2.05, 4.69) is 11.4 Å². The van der Waals surface area contributed by atoms with Gasteiger partial charge in [-0.2, -0.15) is 5.26 Å². The Morgan fingerprint density at radius 2 is 1.94 bits per heavy atom. The lowest BCUT2D eigenvalue weighted by Crippen LogP contribution is -2.37. The number of nitrogens with two attached hydrogens (primary N) is 1. The third kappa shape index (κ3) is 2.80. The first-order chi connectivity index (χ1) is 8.70. The van der Waals surface area contributed by atoms with Gasteiger partial charge in [-0.15, -0.1) is 0 Å². The van der Waals surface area contributed by atoms with Gasteiger partial charge in [0.25, 0.3) is 5.91 Å². The van der Waals surface area contributed by atoms with Gasteiger partial charge in [0.05, 0.1) is 11.6 Å². The lowest BCUT2D eigenvalue weighted by Gasteiger charge is -2.25. The molecule has 0 heterocycles. The summed E-state index contributed by atoms with van der Waals surface area (Å²) >= 11 is 0. The molecule has 0 atom stereocenters. The van der Waals surface area contributed by atoms with Gasteiger partial charge in [0.1, 0.15) is 0 Å². The van der Waals surface area contributed by atoms with Crippen LogP contribution >= 0.6 is 0 Å².